The monoisotopic (exact) mass is 503 g/mol. The summed E-state index contributed by atoms with van der Waals surface area (Å²) < 4.78 is 27.4. The zero-order valence-electron chi connectivity index (χ0n) is 17.5. The summed E-state index contributed by atoms with van der Waals surface area (Å²) in [5.41, 5.74) is 6.67. The van der Waals surface area contributed by atoms with Gasteiger partial charge in [-0.3, -0.25) is 9.59 Å². The Balaban J connectivity index is 1.52. The van der Waals surface area contributed by atoms with Gasteiger partial charge >= 0.3 is 0 Å². The van der Waals surface area contributed by atoms with Crippen LogP contribution in [-0.4, -0.2) is 37.6 Å². The van der Waals surface area contributed by atoms with E-state index < -0.39 is 21.8 Å². The SMILES string of the molecule is NC(=O)c1cc(-c2ccccc2)sc1NC(=O)C1CCCN(S(=O)(=O)c2ccc(Cl)cc2)C1. The normalized spacial score (nSPS) is 16.9. The summed E-state index contributed by atoms with van der Waals surface area (Å²) in [6.07, 6.45) is 1.09. The van der Waals surface area contributed by atoms with E-state index in [2.05, 4.69) is 5.32 Å². The molecule has 1 saturated heterocycles. The third-order valence-corrected chi connectivity index (χ3v) is 8.73. The maximum absolute atomic E-state index is 13.0. The molecule has 1 atom stereocenters. The first-order valence-electron chi connectivity index (χ1n) is 10.3. The number of piperidine rings is 1. The van der Waals surface area contributed by atoms with Crippen LogP contribution in [0.1, 0.15) is 23.2 Å². The number of sulfonamides is 1. The lowest BCUT2D eigenvalue weighted by molar-refractivity contribution is -0.120. The number of benzene rings is 2. The number of nitrogens with two attached hydrogens (primary N) is 1. The quantitative estimate of drug-likeness (QED) is 0.525. The molecule has 2 amide bonds. The average molecular weight is 504 g/mol. The van der Waals surface area contributed by atoms with Gasteiger partial charge in [-0.1, -0.05) is 41.9 Å². The number of rotatable bonds is 6. The van der Waals surface area contributed by atoms with E-state index in [0.29, 0.717) is 29.4 Å². The number of nitrogens with zero attached hydrogens (tertiary/aromatic N) is 1. The molecular weight excluding hydrogens is 482 g/mol. The second kappa shape index (κ2) is 9.64. The summed E-state index contributed by atoms with van der Waals surface area (Å²) in [5.74, 6) is -1.53. The molecule has 0 saturated carbocycles. The van der Waals surface area contributed by atoms with Crippen LogP contribution < -0.4 is 11.1 Å². The summed E-state index contributed by atoms with van der Waals surface area (Å²) >= 11 is 7.13. The van der Waals surface area contributed by atoms with Crippen molar-refractivity contribution in [2.45, 2.75) is 17.7 Å². The molecule has 4 rings (SSSR count). The molecule has 2 aromatic carbocycles. The summed E-state index contributed by atoms with van der Waals surface area (Å²) in [6.45, 7) is 0.387. The Morgan fingerprint density at radius 3 is 2.45 bits per heavy atom. The molecule has 1 aliphatic heterocycles. The minimum atomic E-state index is -3.75. The van der Waals surface area contributed by atoms with E-state index in [9.17, 15) is 18.0 Å². The van der Waals surface area contributed by atoms with Crippen LogP contribution in [0.2, 0.25) is 5.02 Å². The van der Waals surface area contributed by atoms with E-state index in [1.807, 2.05) is 30.3 Å². The zero-order chi connectivity index (χ0) is 23.6. The van der Waals surface area contributed by atoms with Crippen molar-refractivity contribution in [1.82, 2.24) is 4.31 Å². The Morgan fingerprint density at radius 1 is 1.09 bits per heavy atom. The fourth-order valence-corrected chi connectivity index (χ4v) is 6.48. The lowest BCUT2D eigenvalue weighted by atomic mass is 9.99. The summed E-state index contributed by atoms with van der Waals surface area (Å²) in [6, 6.07) is 17.1. The van der Waals surface area contributed by atoms with Gasteiger partial charge in [0, 0.05) is 23.0 Å². The van der Waals surface area contributed by atoms with Gasteiger partial charge in [-0.05, 0) is 48.7 Å². The van der Waals surface area contributed by atoms with Crippen LogP contribution in [0.3, 0.4) is 0 Å². The van der Waals surface area contributed by atoms with Gasteiger partial charge in [-0.25, -0.2) is 8.42 Å². The first-order valence-corrected chi connectivity index (χ1v) is 12.9. The Labute approximate surface area is 201 Å². The molecule has 0 bridgehead atoms. The van der Waals surface area contributed by atoms with Gasteiger partial charge < -0.3 is 11.1 Å². The number of hydrogen-bond acceptors (Lipinski definition) is 5. The van der Waals surface area contributed by atoms with Crippen molar-refractivity contribution >= 4 is 49.8 Å². The minimum absolute atomic E-state index is 0.0552. The Bertz CT molecular complexity index is 1270. The molecule has 33 heavy (non-hydrogen) atoms. The summed E-state index contributed by atoms with van der Waals surface area (Å²) in [5, 5.41) is 3.62. The fourth-order valence-electron chi connectivity index (χ4n) is 3.76. The largest absolute Gasteiger partial charge is 0.366 e. The highest BCUT2D eigenvalue weighted by Gasteiger charge is 2.34. The van der Waals surface area contributed by atoms with Crippen molar-refractivity contribution in [3.05, 3.63) is 71.2 Å². The zero-order valence-corrected chi connectivity index (χ0v) is 19.9. The number of primary amides is 1. The number of carbonyl (C=O) groups is 2. The summed E-state index contributed by atoms with van der Waals surface area (Å²) in [4.78, 5) is 26.0. The standard InChI is InChI=1S/C23H22ClN3O4S2/c24-17-8-10-18(11-9-17)33(30,31)27-12-4-7-16(14-27)22(29)26-23-19(21(25)28)13-20(32-23)15-5-2-1-3-6-15/h1-3,5-6,8-11,13,16H,4,7,12,14H2,(H2,25,28)(H,26,29). The van der Waals surface area contributed by atoms with Gasteiger partial charge in [-0.15, -0.1) is 11.3 Å². The van der Waals surface area contributed by atoms with Crippen molar-refractivity contribution in [3.63, 3.8) is 0 Å². The number of thiophene rings is 1. The average Bonchev–Trinajstić information content (AvgIpc) is 3.24. The van der Waals surface area contributed by atoms with Gasteiger partial charge in [0.05, 0.1) is 16.4 Å². The van der Waals surface area contributed by atoms with Crippen LogP contribution >= 0.6 is 22.9 Å². The first kappa shape index (κ1) is 23.4. The summed E-state index contributed by atoms with van der Waals surface area (Å²) in [7, 11) is -3.75. The van der Waals surface area contributed by atoms with Gasteiger partial charge in [0.1, 0.15) is 5.00 Å². The minimum Gasteiger partial charge on any atom is -0.366 e. The first-order chi connectivity index (χ1) is 15.8. The van der Waals surface area contributed by atoms with Crippen molar-refractivity contribution in [3.8, 4) is 10.4 Å². The predicted molar refractivity (Wildman–Crippen MR) is 130 cm³/mol. The lowest BCUT2D eigenvalue weighted by Crippen LogP contribution is -2.43. The number of carbonyl (C=O) groups excluding carboxylic acids is 2. The molecule has 3 N–H and O–H groups in total. The number of halogens is 1. The van der Waals surface area contributed by atoms with E-state index in [-0.39, 0.29) is 22.9 Å². The van der Waals surface area contributed by atoms with Gasteiger partial charge in [0.15, 0.2) is 0 Å². The molecule has 172 valence electrons. The molecule has 1 unspecified atom stereocenters. The molecule has 1 aliphatic rings. The van der Waals surface area contributed by atoms with Gasteiger partial charge in [0.2, 0.25) is 15.9 Å². The second-order valence-corrected chi connectivity index (χ2v) is 11.2. The molecule has 2 heterocycles. The van der Waals surface area contributed by atoms with Crippen LogP contribution in [0.5, 0.6) is 0 Å². The highest BCUT2D eigenvalue weighted by molar-refractivity contribution is 7.89. The van der Waals surface area contributed by atoms with E-state index >= 15 is 0 Å². The number of anilines is 1. The third kappa shape index (κ3) is 5.11. The lowest BCUT2D eigenvalue weighted by Gasteiger charge is -2.31. The maximum Gasteiger partial charge on any atom is 0.251 e. The second-order valence-electron chi connectivity index (χ2n) is 7.73. The predicted octanol–water partition coefficient (Wildman–Crippen LogP) is 4.21. The fraction of sp³-hybridized carbons (Fsp3) is 0.217. The molecule has 0 spiro atoms. The van der Waals surface area contributed by atoms with E-state index in [0.717, 1.165) is 10.4 Å². The van der Waals surface area contributed by atoms with Crippen molar-refractivity contribution < 1.29 is 18.0 Å². The topological polar surface area (TPSA) is 110 Å². The van der Waals surface area contributed by atoms with E-state index in [4.69, 9.17) is 17.3 Å². The smallest absolute Gasteiger partial charge is 0.251 e. The van der Waals surface area contributed by atoms with Crippen molar-refractivity contribution in [1.29, 1.82) is 0 Å². The van der Waals surface area contributed by atoms with Crippen molar-refractivity contribution in [2.75, 3.05) is 18.4 Å². The van der Waals surface area contributed by atoms with E-state index in [1.54, 1.807) is 6.07 Å². The van der Waals surface area contributed by atoms with Gasteiger partial charge in [0.25, 0.3) is 5.91 Å². The number of hydrogen-bond donors (Lipinski definition) is 2. The van der Waals surface area contributed by atoms with Crippen molar-refractivity contribution in [2.24, 2.45) is 11.7 Å². The molecule has 0 aliphatic carbocycles. The maximum atomic E-state index is 13.0. The van der Waals surface area contributed by atoms with Crippen LogP contribution in [0.4, 0.5) is 5.00 Å². The van der Waals surface area contributed by atoms with E-state index in [1.165, 1.54) is 39.9 Å². The Hall–Kier alpha value is -2.72. The molecule has 1 fully saturated rings. The van der Waals surface area contributed by atoms with Crippen LogP contribution in [0.25, 0.3) is 10.4 Å². The molecule has 1 aromatic heterocycles. The molecule has 3 aromatic rings. The third-order valence-electron chi connectivity index (χ3n) is 5.50. The van der Waals surface area contributed by atoms with Gasteiger partial charge in [-0.2, -0.15) is 4.31 Å². The molecule has 10 heteroatoms. The highest BCUT2D eigenvalue weighted by atomic mass is 35.5. The van der Waals surface area contributed by atoms with Crippen LogP contribution in [0.15, 0.2) is 65.6 Å². The number of amides is 2. The highest BCUT2D eigenvalue weighted by Crippen LogP contribution is 2.36. The molecule has 0 radical (unpaired) electrons. The number of nitrogens with one attached hydrogen (secondary N) is 1. The molecule has 7 nitrogen and oxygen atoms in total. The Morgan fingerprint density at radius 2 is 1.79 bits per heavy atom. The van der Waals surface area contributed by atoms with Crippen LogP contribution in [0, 0.1) is 5.92 Å². The molecular formula is C23H22ClN3O4S2. The Kier molecular flexibility index (Phi) is 6.85. The van der Waals surface area contributed by atoms with Crippen LogP contribution in [-0.2, 0) is 14.8 Å².